The number of aromatic nitrogens is 1. The van der Waals surface area contributed by atoms with Crippen molar-refractivity contribution in [2.45, 2.75) is 152 Å². The molecule has 6 aliphatic rings. The number of aliphatic hydroxyl groups excluding tert-OH is 2. The highest BCUT2D eigenvalue weighted by atomic mass is 16.7. The number of hydrogen-bond donors (Lipinski definition) is 7. The van der Waals surface area contributed by atoms with Crippen LogP contribution in [0.3, 0.4) is 0 Å². The molecule has 1 spiro atoms. The third-order valence-electron chi connectivity index (χ3n) is 19.0. The van der Waals surface area contributed by atoms with E-state index < -0.39 is 93.8 Å². The molecule has 8 rings (SSSR count). The standard InChI is InChI=1S/C62H90N6O15/c1-10-42(36-69)83-50(79-8)37-82-49(71)21-15-20-48(70)64-40(5)52(72)81-30-17-26-63-56(74)62(77)54-60(25-29-68-27-16-24-59(12-3,53(60)68)55(62)73)45(47(66(54)6)23-31-78-7)32-39(4)61(57(75)80-9)34-41-33-58(76,11-2)38-67(35-41)28-22-44-43-18-13-14-19-46(43)65-51(44)61/h13-14,16,18-19,23-24,32,40-42,50,53-55,65,69,73,76-77H,4,10-12,15,17,20-22,25-31,33-38H2,1-3,5-9H3,(H,63,74)(H,64,70)/b45-32+,47-23+/t40-,41?,42?,50?,53?,54?,55-,58?,59-,60-,61+,62+/m1/s1. The number of carbonyl (C=O) groups is 5. The summed E-state index contributed by atoms with van der Waals surface area (Å²) in [4.78, 5) is 79.0. The van der Waals surface area contributed by atoms with E-state index in [1.54, 1.807) is 7.11 Å². The molecule has 21 heteroatoms. The van der Waals surface area contributed by atoms with E-state index in [0.29, 0.717) is 88.2 Å². The summed E-state index contributed by atoms with van der Waals surface area (Å²) in [6.07, 6.45) is 8.38. The van der Waals surface area contributed by atoms with Gasteiger partial charge in [-0.2, -0.15) is 0 Å². The van der Waals surface area contributed by atoms with Crippen LogP contribution in [-0.4, -0.2) is 212 Å². The summed E-state index contributed by atoms with van der Waals surface area (Å²) in [5.41, 5.74) is -2.73. The highest BCUT2D eigenvalue weighted by Gasteiger charge is 2.79. The predicted octanol–water partition coefficient (Wildman–Crippen LogP) is 3.48. The van der Waals surface area contributed by atoms with Gasteiger partial charge in [0, 0.05) is 106 Å². The largest absolute Gasteiger partial charge is 0.468 e. The average molecular weight is 1160 g/mol. The van der Waals surface area contributed by atoms with E-state index >= 15 is 9.59 Å². The molecule has 2 bridgehead atoms. The van der Waals surface area contributed by atoms with E-state index in [1.807, 2.05) is 75.2 Å². The molecular weight excluding hydrogens is 1070 g/mol. The van der Waals surface area contributed by atoms with Gasteiger partial charge in [0.15, 0.2) is 11.9 Å². The van der Waals surface area contributed by atoms with Crippen molar-refractivity contribution in [3.05, 3.63) is 83.2 Å². The Hall–Kier alpha value is -5.49. The van der Waals surface area contributed by atoms with Crippen molar-refractivity contribution in [1.82, 2.24) is 30.3 Å². The molecule has 2 amide bonds. The lowest BCUT2D eigenvalue weighted by Crippen LogP contribution is -2.80. The number of benzene rings is 1. The van der Waals surface area contributed by atoms with Crippen LogP contribution >= 0.6 is 0 Å². The fourth-order valence-electron chi connectivity index (χ4n) is 15.1. The van der Waals surface area contributed by atoms with Crippen molar-refractivity contribution >= 4 is 40.6 Å². The zero-order chi connectivity index (χ0) is 60.1. The number of fused-ring (bicyclic) bond motifs is 5. The second-order valence-electron chi connectivity index (χ2n) is 23.8. The van der Waals surface area contributed by atoms with Gasteiger partial charge in [0.1, 0.15) is 24.2 Å². The van der Waals surface area contributed by atoms with Gasteiger partial charge in [0.25, 0.3) is 5.91 Å². The van der Waals surface area contributed by atoms with E-state index in [-0.39, 0.29) is 71.0 Å². The summed E-state index contributed by atoms with van der Waals surface area (Å²) < 4.78 is 33.1. The Morgan fingerprint density at radius 2 is 1.76 bits per heavy atom. The van der Waals surface area contributed by atoms with E-state index in [1.165, 1.54) is 21.1 Å². The van der Waals surface area contributed by atoms with Crippen molar-refractivity contribution in [3.63, 3.8) is 0 Å². The molecule has 6 unspecified atom stereocenters. The summed E-state index contributed by atoms with van der Waals surface area (Å²) in [5.74, 6) is -3.21. The molecule has 458 valence electrons. The molecule has 1 aromatic heterocycles. The Bertz CT molecular complexity index is 2800. The number of hydrogen-bond acceptors (Lipinski definition) is 18. The van der Waals surface area contributed by atoms with Gasteiger partial charge < -0.3 is 69.4 Å². The third kappa shape index (κ3) is 11.8. The van der Waals surface area contributed by atoms with Crippen LogP contribution < -0.4 is 10.6 Å². The fraction of sp³-hybridized carbons (Fsp3) is 0.661. The van der Waals surface area contributed by atoms with Crippen LogP contribution in [0, 0.1) is 16.7 Å². The zero-order valence-corrected chi connectivity index (χ0v) is 49.8. The van der Waals surface area contributed by atoms with Crippen molar-refractivity contribution < 1.29 is 72.8 Å². The van der Waals surface area contributed by atoms with Gasteiger partial charge in [-0.3, -0.25) is 29.0 Å². The molecule has 0 radical (unpaired) electrons. The monoisotopic (exact) mass is 1160 g/mol. The second kappa shape index (κ2) is 26.4. The number of esters is 3. The number of likely N-dealkylation sites (N-methyl/N-ethyl adjacent to an activating group) is 1. The normalized spacial score (nSPS) is 32.1. The lowest BCUT2D eigenvalue weighted by molar-refractivity contribution is -0.222. The lowest BCUT2D eigenvalue weighted by atomic mass is 9.47. The summed E-state index contributed by atoms with van der Waals surface area (Å²) in [6.45, 7) is 14.7. The van der Waals surface area contributed by atoms with Crippen LogP contribution in [0.25, 0.3) is 10.9 Å². The molecule has 1 aromatic carbocycles. The Kier molecular flexibility index (Phi) is 20.2. The molecule has 21 nitrogen and oxygen atoms in total. The number of rotatable bonds is 25. The highest BCUT2D eigenvalue weighted by molar-refractivity contribution is 5.94. The zero-order valence-electron chi connectivity index (χ0n) is 49.8. The molecule has 4 fully saturated rings. The Morgan fingerprint density at radius 1 is 0.988 bits per heavy atom. The number of carbonyl (C=O) groups excluding carboxylic acids is 5. The fourth-order valence-corrected chi connectivity index (χ4v) is 15.1. The van der Waals surface area contributed by atoms with E-state index in [9.17, 15) is 34.8 Å². The summed E-state index contributed by atoms with van der Waals surface area (Å²) in [7, 11) is 6.20. The first-order chi connectivity index (χ1) is 39.7. The van der Waals surface area contributed by atoms with Crippen molar-refractivity contribution in [3.8, 4) is 0 Å². The molecule has 83 heavy (non-hydrogen) atoms. The van der Waals surface area contributed by atoms with Crippen LogP contribution in [0.5, 0.6) is 0 Å². The smallest absolute Gasteiger partial charge is 0.328 e. The van der Waals surface area contributed by atoms with Crippen LogP contribution in [0.2, 0.25) is 0 Å². The maximum Gasteiger partial charge on any atom is 0.328 e. The minimum absolute atomic E-state index is 0.0457. The quantitative estimate of drug-likeness (QED) is 0.0247. The number of H-pyrrole nitrogens is 1. The Labute approximate surface area is 487 Å². The summed E-state index contributed by atoms with van der Waals surface area (Å²) in [6, 6.07) is 5.51. The number of aromatic amines is 1. The van der Waals surface area contributed by atoms with Gasteiger partial charge in [-0.05, 0) is 106 Å². The number of likely N-dealkylation sites (tertiary alicyclic amines) is 1. The van der Waals surface area contributed by atoms with Gasteiger partial charge in [-0.15, -0.1) is 0 Å². The number of amides is 2. The SMILES string of the molecule is C=C(/C=C1\C(=C/COC)N(C)C2[C@]13CCN1CC=C[C@](CC)(C13)[C@@H](O)[C@]2(O)C(=O)NCCCOC(=O)[C@@H](C)NC(=O)CCCC(=O)OCC(OC)OC(CC)CO)[C@@]1(C(=O)OC)CC2C[N@](CCc3c1[nH]c1ccccc31)CC(O)(CC)C2. The van der Waals surface area contributed by atoms with Crippen molar-refractivity contribution in [1.29, 1.82) is 0 Å². The van der Waals surface area contributed by atoms with Gasteiger partial charge in [-0.1, -0.05) is 63.8 Å². The first-order valence-electron chi connectivity index (χ1n) is 29.7. The molecule has 7 N–H and O–H groups in total. The molecule has 5 aliphatic heterocycles. The van der Waals surface area contributed by atoms with Crippen LogP contribution in [0.15, 0.2) is 72.0 Å². The number of piperidine rings is 1. The minimum atomic E-state index is -2.45. The summed E-state index contributed by atoms with van der Waals surface area (Å²) >= 11 is 0. The number of nitrogens with one attached hydrogen (secondary N) is 3. The van der Waals surface area contributed by atoms with Gasteiger partial charge >= 0.3 is 17.9 Å². The van der Waals surface area contributed by atoms with Crippen molar-refractivity contribution in [2.75, 3.05) is 94.1 Å². The van der Waals surface area contributed by atoms with Crippen LogP contribution in [0.4, 0.5) is 0 Å². The highest BCUT2D eigenvalue weighted by Crippen LogP contribution is 2.69. The second-order valence-corrected chi connectivity index (χ2v) is 23.8. The maximum absolute atomic E-state index is 15.4. The number of methoxy groups -OCH3 is 3. The molecule has 6 heterocycles. The molecule has 13 atom stereocenters. The minimum Gasteiger partial charge on any atom is -0.468 e. The van der Waals surface area contributed by atoms with E-state index in [4.69, 9.17) is 35.0 Å². The van der Waals surface area contributed by atoms with Crippen LogP contribution in [-0.2, 0) is 64.2 Å². The number of allylic oxidation sites excluding steroid dienone is 2. The topological polar surface area (TPSA) is 271 Å². The number of para-hydroxylation sites is 1. The molecular formula is C62H90N6O15. The first-order valence-corrected chi connectivity index (χ1v) is 29.7. The third-order valence-corrected chi connectivity index (χ3v) is 19.0. The number of aliphatic hydroxyl groups is 4. The van der Waals surface area contributed by atoms with E-state index in [0.717, 1.165) is 22.0 Å². The number of nitrogens with zero attached hydrogens (tertiary/aromatic N) is 3. The van der Waals surface area contributed by atoms with Gasteiger partial charge in [0.2, 0.25) is 5.91 Å². The van der Waals surface area contributed by atoms with Gasteiger partial charge in [-0.25, -0.2) is 4.79 Å². The summed E-state index contributed by atoms with van der Waals surface area (Å²) in [5, 5.41) is 54.6. The Balaban J connectivity index is 1.04. The average Bonchev–Trinajstić information content (AvgIpc) is 1.57. The van der Waals surface area contributed by atoms with Gasteiger partial charge in [0.05, 0.1) is 44.7 Å². The molecule has 3 saturated heterocycles. The maximum atomic E-state index is 15.4. The predicted molar refractivity (Wildman–Crippen MR) is 308 cm³/mol. The number of ether oxygens (including phenoxy) is 6. The molecule has 1 aliphatic carbocycles. The van der Waals surface area contributed by atoms with E-state index in [2.05, 4.69) is 31.5 Å². The van der Waals surface area contributed by atoms with Crippen molar-refractivity contribution in [2.24, 2.45) is 16.7 Å². The molecule has 1 saturated carbocycles. The first kappa shape index (κ1) is 63.5. The molecule has 2 aromatic rings. The van der Waals surface area contributed by atoms with Crippen LogP contribution in [0.1, 0.15) is 103 Å². The lowest BCUT2D eigenvalue weighted by Gasteiger charge is -2.63. The Morgan fingerprint density at radius 3 is 2.46 bits per heavy atom.